The van der Waals surface area contributed by atoms with Crippen molar-refractivity contribution in [2.24, 2.45) is 10.2 Å². The maximum absolute atomic E-state index is 12.9. The molecule has 0 aliphatic carbocycles. The average Bonchev–Trinajstić information content (AvgIpc) is 2.88. The molecule has 0 fully saturated rings. The number of aromatic nitrogens is 1. The van der Waals surface area contributed by atoms with Crippen molar-refractivity contribution in [3.63, 3.8) is 0 Å². The van der Waals surface area contributed by atoms with Crippen LogP contribution in [-0.4, -0.2) is 23.3 Å². The van der Waals surface area contributed by atoms with Crippen molar-refractivity contribution in [1.82, 2.24) is 10.4 Å². The molecule has 0 unspecified atom stereocenters. The summed E-state index contributed by atoms with van der Waals surface area (Å²) in [6, 6.07) is 23.3. The highest BCUT2D eigenvalue weighted by atomic mass is 19.4. The third-order valence-corrected chi connectivity index (χ3v) is 5.22. The van der Waals surface area contributed by atoms with Crippen molar-refractivity contribution in [2.75, 3.05) is 5.43 Å². The first kappa shape index (κ1) is 24.6. The van der Waals surface area contributed by atoms with Gasteiger partial charge in [0, 0.05) is 11.6 Å². The molecule has 0 radical (unpaired) electrons. The molecule has 0 spiro atoms. The van der Waals surface area contributed by atoms with Crippen LogP contribution in [0.4, 0.5) is 18.9 Å². The Bertz CT molecular complexity index is 1400. The second-order valence-corrected chi connectivity index (χ2v) is 7.84. The number of hydrazone groups is 2. The lowest BCUT2D eigenvalue weighted by Crippen LogP contribution is -2.18. The summed E-state index contributed by atoms with van der Waals surface area (Å²) in [5, 5.41) is 8.67. The Morgan fingerprint density at radius 2 is 1.69 bits per heavy atom. The standard InChI is InChI=1S/C27H22F3N5O/c28-27(29,30)20-11-6-12-21(16-20)34-32-18-22-17-24(23-13-4-5-14-25(23)33-22)26(36)35-31-15-7-10-19-8-2-1-3-9-19/h1-6,8-9,11-18,34H,7,10H2,(H,35,36)/b31-15+,32-18+. The Morgan fingerprint density at radius 3 is 2.50 bits per heavy atom. The van der Waals surface area contributed by atoms with E-state index in [0.29, 0.717) is 28.6 Å². The molecule has 3 aromatic carbocycles. The fourth-order valence-corrected chi connectivity index (χ4v) is 3.49. The number of amides is 1. The zero-order chi connectivity index (χ0) is 25.4. The third kappa shape index (κ3) is 6.53. The number of carbonyl (C=O) groups excluding carboxylic acids is 1. The molecule has 9 heteroatoms. The normalized spacial score (nSPS) is 11.9. The number of anilines is 1. The lowest BCUT2D eigenvalue weighted by molar-refractivity contribution is -0.137. The van der Waals surface area contributed by atoms with E-state index in [1.54, 1.807) is 36.5 Å². The van der Waals surface area contributed by atoms with Crippen LogP contribution in [0.25, 0.3) is 10.9 Å². The Morgan fingerprint density at radius 1 is 0.917 bits per heavy atom. The van der Waals surface area contributed by atoms with Crippen LogP contribution in [-0.2, 0) is 12.6 Å². The van der Waals surface area contributed by atoms with Crippen molar-refractivity contribution >= 4 is 34.9 Å². The van der Waals surface area contributed by atoms with E-state index in [1.807, 2.05) is 30.3 Å². The lowest BCUT2D eigenvalue weighted by Gasteiger charge is -2.08. The number of carbonyl (C=O) groups is 1. The minimum absolute atomic E-state index is 0.171. The summed E-state index contributed by atoms with van der Waals surface area (Å²) in [6.07, 6.45) is 0.00817. The summed E-state index contributed by atoms with van der Waals surface area (Å²) in [5.74, 6) is -0.412. The first-order valence-corrected chi connectivity index (χ1v) is 11.1. The van der Waals surface area contributed by atoms with Crippen molar-refractivity contribution in [3.05, 3.63) is 107 Å². The van der Waals surface area contributed by atoms with Crippen LogP contribution >= 0.6 is 0 Å². The van der Waals surface area contributed by atoms with E-state index in [4.69, 9.17) is 0 Å². The number of hydrogen-bond donors (Lipinski definition) is 2. The number of para-hydroxylation sites is 1. The predicted molar refractivity (Wildman–Crippen MR) is 135 cm³/mol. The van der Waals surface area contributed by atoms with Gasteiger partial charge in [0.2, 0.25) is 0 Å². The fourth-order valence-electron chi connectivity index (χ4n) is 3.49. The number of alkyl halides is 3. The summed E-state index contributed by atoms with van der Waals surface area (Å²) in [7, 11) is 0. The molecule has 0 aliphatic rings. The first-order valence-electron chi connectivity index (χ1n) is 11.1. The number of aryl methyl sites for hydroxylation is 1. The Balaban J connectivity index is 1.46. The molecule has 6 nitrogen and oxygen atoms in total. The number of nitrogens with one attached hydrogen (secondary N) is 2. The minimum atomic E-state index is -4.45. The van der Waals surface area contributed by atoms with E-state index in [0.717, 1.165) is 18.6 Å². The zero-order valence-corrected chi connectivity index (χ0v) is 19.0. The van der Waals surface area contributed by atoms with Gasteiger partial charge >= 0.3 is 6.18 Å². The van der Waals surface area contributed by atoms with Crippen LogP contribution in [0.2, 0.25) is 0 Å². The molecular weight excluding hydrogens is 467 g/mol. The molecule has 4 aromatic rings. The van der Waals surface area contributed by atoms with Crippen LogP contribution in [0.3, 0.4) is 0 Å². The van der Waals surface area contributed by atoms with Crippen molar-refractivity contribution in [3.8, 4) is 0 Å². The minimum Gasteiger partial charge on any atom is -0.278 e. The van der Waals surface area contributed by atoms with Gasteiger partial charge < -0.3 is 0 Å². The largest absolute Gasteiger partial charge is 0.416 e. The molecule has 1 amide bonds. The fraction of sp³-hybridized carbons (Fsp3) is 0.111. The highest BCUT2D eigenvalue weighted by Gasteiger charge is 2.30. The van der Waals surface area contributed by atoms with E-state index >= 15 is 0 Å². The van der Waals surface area contributed by atoms with Crippen molar-refractivity contribution < 1.29 is 18.0 Å². The summed E-state index contributed by atoms with van der Waals surface area (Å²) < 4.78 is 38.7. The molecule has 4 rings (SSSR count). The number of halogens is 3. The van der Waals surface area contributed by atoms with Gasteiger partial charge in [-0.15, -0.1) is 0 Å². The van der Waals surface area contributed by atoms with Gasteiger partial charge in [-0.3, -0.25) is 10.2 Å². The molecule has 1 heterocycles. The Kier molecular flexibility index (Phi) is 7.69. The molecule has 2 N–H and O–H groups in total. The van der Waals surface area contributed by atoms with Gasteiger partial charge in [-0.25, -0.2) is 10.4 Å². The molecule has 0 saturated heterocycles. The third-order valence-electron chi connectivity index (χ3n) is 5.22. The second-order valence-electron chi connectivity index (χ2n) is 7.84. The summed E-state index contributed by atoms with van der Waals surface area (Å²) in [4.78, 5) is 17.3. The van der Waals surface area contributed by atoms with Crippen LogP contribution in [0.15, 0.2) is 95.1 Å². The SMILES string of the molecule is O=C(N/N=C/CCc1ccccc1)c1cc(/C=N/Nc2cccc(C(F)(F)F)c2)nc2ccccc12. The lowest BCUT2D eigenvalue weighted by atomic mass is 10.1. The highest BCUT2D eigenvalue weighted by Crippen LogP contribution is 2.30. The number of benzene rings is 3. The molecule has 0 aliphatic heterocycles. The number of pyridine rings is 1. The highest BCUT2D eigenvalue weighted by molar-refractivity contribution is 6.07. The summed E-state index contributed by atoms with van der Waals surface area (Å²) in [6.45, 7) is 0. The quantitative estimate of drug-likeness (QED) is 0.234. The molecule has 36 heavy (non-hydrogen) atoms. The van der Waals surface area contributed by atoms with E-state index in [1.165, 1.54) is 23.9 Å². The van der Waals surface area contributed by atoms with Gasteiger partial charge in [0.25, 0.3) is 5.91 Å². The van der Waals surface area contributed by atoms with E-state index < -0.39 is 17.6 Å². The van der Waals surface area contributed by atoms with E-state index in [-0.39, 0.29) is 5.69 Å². The monoisotopic (exact) mass is 489 g/mol. The summed E-state index contributed by atoms with van der Waals surface area (Å²) in [5.41, 5.74) is 6.95. The average molecular weight is 490 g/mol. The van der Waals surface area contributed by atoms with Gasteiger partial charge in [-0.05, 0) is 48.7 Å². The topological polar surface area (TPSA) is 78.7 Å². The first-order chi connectivity index (χ1) is 17.4. The van der Waals surface area contributed by atoms with Gasteiger partial charge in [0.1, 0.15) is 0 Å². The van der Waals surface area contributed by atoms with Gasteiger partial charge in [0.05, 0.1) is 34.2 Å². The van der Waals surface area contributed by atoms with Crippen molar-refractivity contribution in [1.29, 1.82) is 0 Å². The van der Waals surface area contributed by atoms with Gasteiger partial charge in [0.15, 0.2) is 0 Å². The maximum Gasteiger partial charge on any atom is 0.416 e. The number of nitrogens with zero attached hydrogens (tertiary/aromatic N) is 3. The molecule has 1 aromatic heterocycles. The van der Waals surface area contributed by atoms with Crippen LogP contribution in [0.1, 0.15) is 33.6 Å². The number of fused-ring (bicyclic) bond motifs is 1. The smallest absolute Gasteiger partial charge is 0.278 e. The van der Waals surface area contributed by atoms with Gasteiger partial charge in [-0.1, -0.05) is 54.6 Å². The zero-order valence-electron chi connectivity index (χ0n) is 19.0. The number of hydrogen-bond acceptors (Lipinski definition) is 5. The molecular formula is C27H22F3N5O. The maximum atomic E-state index is 12.9. The molecule has 0 atom stereocenters. The van der Waals surface area contributed by atoms with E-state index in [9.17, 15) is 18.0 Å². The molecule has 0 bridgehead atoms. The predicted octanol–water partition coefficient (Wildman–Crippen LogP) is 6.05. The molecule has 0 saturated carbocycles. The van der Waals surface area contributed by atoms with Crippen molar-refractivity contribution in [2.45, 2.75) is 19.0 Å². The van der Waals surface area contributed by atoms with Gasteiger partial charge in [-0.2, -0.15) is 23.4 Å². The van der Waals surface area contributed by atoms with Crippen LogP contribution < -0.4 is 10.9 Å². The van der Waals surface area contributed by atoms with Crippen LogP contribution in [0, 0.1) is 0 Å². The van der Waals surface area contributed by atoms with Crippen LogP contribution in [0.5, 0.6) is 0 Å². The Hall–Kier alpha value is -4.53. The summed E-state index contributed by atoms with van der Waals surface area (Å²) >= 11 is 0. The molecule has 182 valence electrons. The second kappa shape index (κ2) is 11.3. The Labute approximate surface area is 205 Å². The van der Waals surface area contributed by atoms with E-state index in [2.05, 4.69) is 26.0 Å². The number of rotatable bonds is 8.